The molecule has 0 bridgehead atoms. The topological polar surface area (TPSA) is 84.2 Å². The van der Waals surface area contributed by atoms with Crippen LogP contribution >= 0.6 is 0 Å². The zero-order valence-electron chi connectivity index (χ0n) is 15.6. The van der Waals surface area contributed by atoms with E-state index in [1.165, 1.54) is 25.5 Å². The van der Waals surface area contributed by atoms with Gasteiger partial charge in [-0.3, -0.25) is 4.68 Å². The van der Waals surface area contributed by atoms with Crippen LogP contribution < -0.4 is 4.90 Å². The fraction of sp³-hybridized carbons (Fsp3) is 0.706. The fourth-order valence-electron chi connectivity index (χ4n) is 4.04. The molecule has 3 heterocycles. The summed E-state index contributed by atoms with van der Waals surface area (Å²) < 4.78 is 27.4. The molecule has 1 atom stereocenters. The lowest BCUT2D eigenvalue weighted by Gasteiger charge is -2.43. The van der Waals surface area contributed by atoms with Crippen molar-refractivity contribution in [2.24, 2.45) is 13.0 Å². The van der Waals surface area contributed by atoms with E-state index in [0.29, 0.717) is 31.5 Å². The van der Waals surface area contributed by atoms with E-state index in [0.717, 1.165) is 23.1 Å². The van der Waals surface area contributed by atoms with E-state index < -0.39 is 10.0 Å². The number of hydrogen-bond acceptors (Lipinski definition) is 6. The van der Waals surface area contributed by atoms with Crippen LogP contribution in [0.25, 0.3) is 11.0 Å². The molecule has 142 valence electrons. The lowest BCUT2D eigenvalue weighted by molar-refractivity contribution is 0.235. The highest BCUT2D eigenvalue weighted by molar-refractivity contribution is 7.88. The molecule has 2 aromatic rings. The molecule has 1 saturated carbocycles. The lowest BCUT2D eigenvalue weighted by Crippen LogP contribution is -2.55. The summed E-state index contributed by atoms with van der Waals surface area (Å²) >= 11 is 0. The van der Waals surface area contributed by atoms with Gasteiger partial charge in [0.25, 0.3) is 0 Å². The van der Waals surface area contributed by atoms with Crippen molar-refractivity contribution in [1.82, 2.24) is 24.1 Å². The van der Waals surface area contributed by atoms with Crippen molar-refractivity contribution < 1.29 is 8.42 Å². The molecule has 8 nitrogen and oxygen atoms in total. The van der Waals surface area contributed by atoms with Gasteiger partial charge in [-0.05, 0) is 19.3 Å². The molecular weight excluding hydrogens is 352 g/mol. The number of rotatable bonds is 4. The quantitative estimate of drug-likeness (QED) is 0.798. The van der Waals surface area contributed by atoms with Crippen LogP contribution in [0.4, 0.5) is 5.95 Å². The summed E-state index contributed by atoms with van der Waals surface area (Å²) in [7, 11) is -1.29. The Labute approximate surface area is 154 Å². The van der Waals surface area contributed by atoms with Gasteiger partial charge >= 0.3 is 0 Å². The minimum Gasteiger partial charge on any atom is -0.335 e. The van der Waals surface area contributed by atoms with Gasteiger partial charge in [0.1, 0.15) is 0 Å². The highest BCUT2D eigenvalue weighted by atomic mass is 32.2. The molecule has 2 aliphatic rings. The van der Waals surface area contributed by atoms with Gasteiger partial charge in [-0.1, -0.05) is 19.3 Å². The third-order valence-corrected chi connectivity index (χ3v) is 7.02. The first-order valence-electron chi connectivity index (χ1n) is 9.21. The molecule has 2 fully saturated rings. The van der Waals surface area contributed by atoms with E-state index in [1.54, 1.807) is 8.99 Å². The Balaban J connectivity index is 1.65. The summed E-state index contributed by atoms with van der Waals surface area (Å²) in [6, 6.07) is 0.121. The summed E-state index contributed by atoms with van der Waals surface area (Å²) in [5, 5.41) is 5.38. The van der Waals surface area contributed by atoms with Crippen molar-refractivity contribution in [2.45, 2.75) is 38.6 Å². The van der Waals surface area contributed by atoms with E-state index in [2.05, 4.69) is 15.0 Å². The summed E-state index contributed by atoms with van der Waals surface area (Å²) in [4.78, 5) is 11.5. The Morgan fingerprint density at radius 3 is 2.69 bits per heavy atom. The summed E-state index contributed by atoms with van der Waals surface area (Å²) in [6.45, 7) is 3.56. The first kappa shape index (κ1) is 17.7. The number of nitrogens with zero attached hydrogens (tertiary/aromatic N) is 6. The molecule has 0 radical (unpaired) electrons. The van der Waals surface area contributed by atoms with E-state index in [9.17, 15) is 8.42 Å². The Hall–Kier alpha value is -1.74. The maximum Gasteiger partial charge on any atom is 0.227 e. The minimum absolute atomic E-state index is 0.121. The van der Waals surface area contributed by atoms with Crippen molar-refractivity contribution in [3.8, 4) is 0 Å². The average Bonchev–Trinajstić information content (AvgIpc) is 2.84. The molecule has 1 aliphatic carbocycles. The van der Waals surface area contributed by atoms with Gasteiger partial charge in [-0.15, -0.1) is 0 Å². The van der Waals surface area contributed by atoms with Crippen molar-refractivity contribution in [1.29, 1.82) is 0 Å². The highest BCUT2D eigenvalue weighted by Gasteiger charge is 2.35. The van der Waals surface area contributed by atoms with Gasteiger partial charge < -0.3 is 4.90 Å². The monoisotopic (exact) mass is 378 g/mol. The zero-order chi connectivity index (χ0) is 18.5. The Morgan fingerprint density at radius 2 is 2.04 bits per heavy atom. The third-order valence-electron chi connectivity index (χ3n) is 5.75. The number of anilines is 1. The van der Waals surface area contributed by atoms with Crippen molar-refractivity contribution in [3.05, 3.63) is 11.9 Å². The number of fused-ring (bicyclic) bond motifs is 1. The molecule has 2 aromatic heterocycles. The molecule has 0 aromatic carbocycles. The van der Waals surface area contributed by atoms with Crippen LogP contribution in [0.5, 0.6) is 0 Å². The third kappa shape index (κ3) is 3.18. The number of aromatic nitrogens is 4. The van der Waals surface area contributed by atoms with Gasteiger partial charge in [0.2, 0.25) is 16.0 Å². The van der Waals surface area contributed by atoms with Crippen LogP contribution in [0.2, 0.25) is 0 Å². The zero-order valence-corrected chi connectivity index (χ0v) is 16.4. The summed E-state index contributed by atoms with van der Waals surface area (Å²) in [5.41, 5.74) is 1.74. The number of aryl methyl sites for hydroxylation is 2. The van der Waals surface area contributed by atoms with Crippen LogP contribution in [-0.2, 0) is 17.1 Å². The molecule has 1 saturated heterocycles. The standard InChI is InChI=1S/C17H26N6O2S/c1-12-15-10-18-17(19-16(15)21(2)20-12)23-8-7-22(26(3,24)25)11-14(23)9-13-5-4-6-13/h10,13-14H,4-9,11H2,1-3H3. The van der Waals surface area contributed by atoms with E-state index in [-0.39, 0.29) is 6.04 Å². The molecule has 4 rings (SSSR count). The fourth-order valence-corrected chi connectivity index (χ4v) is 4.89. The molecular formula is C17H26N6O2S. The second-order valence-electron chi connectivity index (χ2n) is 7.62. The molecule has 0 spiro atoms. The van der Waals surface area contributed by atoms with Gasteiger partial charge in [0.15, 0.2) is 5.65 Å². The van der Waals surface area contributed by atoms with Crippen molar-refractivity contribution >= 4 is 27.0 Å². The normalized spacial score (nSPS) is 22.7. The summed E-state index contributed by atoms with van der Waals surface area (Å²) in [5.74, 6) is 1.36. The van der Waals surface area contributed by atoms with Crippen LogP contribution in [0.15, 0.2) is 6.20 Å². The molecule has 0 amide bonds. The molecule has 26 heavy (non-hydrogen) atoms. The van der Waals surface area contributed by atoms with Gasteiger partial charge in [0, 0.05) is 38.9 Å². The van der Waals surface area contributed by atoms with Gasteiger partial charge in [0.05, 0.1) is 17.3 Å². The number of hydrogen-bond donors (Lipinski definition) is 0. The first-order chi connectivity index (χ1) is 12.3. The van der Waals surface area contributed by atoms with Crippen LogP contribution in [-0.4, -0.2) is 64.4 Å². The Kier molecular flexibility index (Phi) is 4.38. The lowest BCUT2D eigenvalue weighted by atomic mass is 9.80. The summed E-state index contributed by atoms with van der Waals surface area (Å²) in [6.07, 6.45) is 7.89. The van der Waals surface area contributed by atoms with E-state index in [1.807, 2.05) is 20.2 Å². The minimum atomic E-state index is -3.18. The average molecular weight is 379 g/mol. The molecule has 9 heteroatoms. The van der Waals surface area contributed by atoms with E-state index >= 15 is 0 Å². The second kappa shape index (κ2) is 6.45. The van der Waals surface area contributed by atoms with Crippen LogP contribution in [0.1, 0.15) is 31.4 Å². The Bertz CT molecular complexity index is 921. The number of piperazine rings is 1. The first-order valence-corrected chi connectivity index (χ1v) is 11.1. The van der Waals surface area contributed by atoms with Crippen molar-refractivity contribution in [3.63, 3.8) is 0 Å². The maximum atomic E-state index is 12.0. The molecule has 0 N–H and O–H groups in total. The Morgan fingerprint density at radius 1 is 1.27 bits per heavy atom. The predicted octanol–water partition coefficient (Wildman–Crippen LogP) is 1.31. The largest absolute Gasteiger partial charge is 0.335 e. The van der Waals surface area contributed by atoms with Crippen molar-refractivity contribution in [2.75, 3.05) is 30.8 Å². The maximum absolute atomic E-state index is 12.0. The smallest absolute Gasteiger partial charge is 0.227 e. The molecule has 1 unspecified atom stereocenters. The van der Waals surface area contributed by atoms with Crippen LogP contribution in [0.3, 0.4) is 0 Å². The highest BCUT2D eigenvalue weighted by Crippen LogP contribution is 2.34. The molecule has 1 aliphatic heterocycles. The second-order valence-corrected chi connectivity index (χ2v) is 9.60. The number of sulfonamides is 1. The predicted molar refractivity (Wildman–Crippen MR) is 101 cm³/mol. The van der Waals surface area contributed by atoms with Crippen LogP contribution in [0, 0.1) is 12.8 Å². The van der Waals surface area contributed by atoms with Gasteiger partial charge in [-0.25, -0.2) is 13.4 Å². The van der Waals surface area contributed by atoms with Gasteiger partial charge in [-0.2, -0.15) is 14.4 Å². The SMILES string of the molecule is Cc1nn(C)c2nc(N3CCN(S(C)(=O)=O)CC3CC3CCC3)ncc12. The van der Waals surface area contributed by atoms with E-state index in [4.69, 9.17) is 4.98 Å².